The van der Waals surface area contributed by atoms with Gasteiger partial charge in [-0.3, -0.25) is 4.79 Å². The molecule has 0 atom stereocenters. The molecule has 0 saturated heterocycles. The van der Waals surface area contributed by atoms with Crippen molar-refractivity contribution >= 4 is 16.0 Å². The maximum atomic E-state index is 12.3. The fourth-order valence-corrected chi connectivity index (χ4v) is 3.70. The lowest BCUT2D eigenvalue weighted by Gasteiger charge is -2.21. The Kier molecular flexibility index (Phi) is 4.45. The van der Waals surface area contributed by atoms with Gasteiger partial charge in [0.05, 0.1) is 12.2 Å². The van der Waals surface area contributed by atoms with E-state index in [2.05, 4.69) is 0 Å². The van der Waals surface area contributed by atoms with Crippen molar-refractivity contribution in [2.45, 2.75) is 38.8 Å². The molecule has 1 aromatic carbocycles. The van der Waals surface area contributed by atoms with Crippen molar-refractivity contribution in [3.8, 4) is 0 Å². The van der Waals surface area contributed by atoms with Crippen LogP contribution in [-0.2, 0) is 21.4 Å². The van der Waals surface area contributed by atoms with Crippen LogP contribution in [0.1, 0.15) is 30.4 Å². The zero-order valence-electron chi connectivity index (χ0n) is 11.4. The van der Waals surface area contributed by atoms with Crippen LogP contribution in [0.15, 0.2) is 24.3 Å². The second kappa shape index (κ2) is 5.93. The first-order valence-corrected chi connectivity index (χ1v) is 8.26. The van der Waals surface area contributed by atoms with Crippen molar-refractivity contribution in [2.75, 3.05) is 5.75 Å². The molecule has 6 heteroatoms. The highest BCUT2D eigenvalue weighted by molar-refractivity contribution is 7.89. The Labute approximate surface area is 119 Å². The molecule has 0 aliphatic heterocycles. The largest absolute Gasteiger partial charge is 0.481 e. The minimum absolute atomic E-state index is 0.0371. The van der Waals surface area contributed by atoms with Gasteiger partial charge >= 0.3 is 5.97 Å². The third-order valence-electron chi connectivity index (χ3n) is 3.34. The Hall–Kier alpha value is -1.40. The highest BCUT2D eigenvalue weighted by atomic mass is 32.2. The van der Waals surface area contributed by atoms with Crippen molar-refractivity contribution in [3.63, 3.8) is 0 Å². The minimum Gasteiger partial charge on any atom is -0.481 e. The average molecular weight is 297 g/mol. The molecule has 110 valence electrons. The van der Waals surface area contributed by atoms with E-state index >= 15 is 0 Å². The zero-order valence-corrected chi connectivity index (χ0v) is 12.3. The Morgan fingerprint density at radius 2 is 1.90 bits per heavy atom. The number of aryl methyl sites for hydroxylation is 1. The second-order valence-corrected chi connectivity index (χ2v) is 7.26. The zero-order chi connectivity index (χ0) is 14.8. The molecule has 2 rings (SSSR count). The van der Waals surface area contributed by atoms with Crippen LogP contribution in [-0.4, -0.2) is 35.6 Å². The SMILES string of the molecule is Cc1ccc(CN(C2CC2)S(=O)(=O)CCC(=O)O)cc1. The van der Waals surface area contributed by atoms with Crippen LogP contribution in [0.4, 0.5) is 0 Å². The number of carboxylic acid groups (broad SMARTS) is 1. The smallest absolute Gasteiger partial charge is 0.304 e. The van der Waals surface area contributed by atoms with Gasteiger partial charge in [-0.25, -0.2) is 8.42 Å². The van der Waals surface area contributed by atoms with Gasteiger partial charge in [-0.1, -0.05) is 29.8 Å². The van der Waals surface area contributed by atoms with E-state index in [4.69, 9.17) is 5.11 Å². The number of hydrogen-bond acceptors (Lipinski definition) is 3. The monoisotopic (exact) mass is 297 g/mol. The molecule has 0 aromatic heterocycles. The summed E-state index contributed by atoms with van der Waals surface area (Å²) in [6.45, 7) is 2.30. The molecule has 1 aliphatic rings. The van der Waals surface area contributed by atoms with Crippen LogP contribution in [0.5, 0.6) is 0 Å². The highest BCUT2D eigenvalue weighted by Gasteiger charge is 2.37. The van der Waals surface area contributed by atoms with Gasteiger partial charge in [0.25, 0.3) is 0 Å². The van der Waals surface area contributed by atoms with Crippen LogP contribution in [0.2, 0.25) is 0 Å². The number of carbonyl (C=O) groups is 1. The number of benzene rings is 1. The molecule has 0 unspecified atom stereocenters. The Balaban J connectivity index is 2.10. The summed E-state index contributed by atoms with van der Waals surface area (Å²) in [5.41, 5.74) is 2.06. The first-order valence-electron chi connectivity index (χ1n) is 6.65. The fraction of sp³-hybridized carbons (Fsp3) is 0.500. The van der Waals surface area contributed by atoms with Crippen LogP contribution in [0.3, 0.4) is 0 Å². The van der Waals surface area contributed by atoms with Crippen molar-refractivity contribution in [3.05, 3.63) is 35.4 Å². The normalized spacial score (nSPS) is 15.5. The summed E-state index contributed by atoms with van der Waals surface area (Å²) in [4.78, 5) is 10.6. The van der Waals surface area contributed by atoms with Gasteiger partial charge in [0.2, 0.25) is 10.0 Å². The minimum atomic E-state index is -3.51. The standard InChI is InChI=1S/C14H19NO4S/c1-11-2-4-12(5-3-11)10-15(13-6-7-13)20(18,19)9-8-14(16)17/h2-5,13H,6-10H2,1H3,(H,16,17). The maximum absolute atomic E-state index is 12.3. The molecule has 20 heavy (non-hydrogen) atoms. The van der Waals surface area contributed by atoms with Crippen molar-refractivity contribution in [2.24, 2.45) is 0 Å². The number of hydrogen-bond donors (Lipinski definition) is 1. The van der Waals surface area contributed by atoms with Crippen LogP contribution in [0.25, 0.3) is 0 Å². The summed E-state index contributed by atoms with van der Waals surface area (Å²) in [6.07, 6.45) is 1.37. The van der Waals surface area contributed by atoms with E-state index in [9.17, 15) is 13.2 Å². The van der Waals surface area contributed by atoms with Crippen molar-refractivity contribution in [1.29, 1.82) is 0 Å². The molecular weight excluding hydrogens is 278 g/mol. The molecule has 5 nitrogen and oxygen atoms in total. The first kappa shape index (κ1) is 15.0. The summed E-state index contributed by atoms with van der Waals surface area (Å²) < 4.78 is 26.0. The molecule has 0 spiro atoms. The molecule has 1 N–H and O–H groups in total. The molecule has 0 amide bonds. The van der Waals surface area contributed by atoms with E-state index in [1.807, 2.05) is 31.2 Å². The lowest BCUT2D eigenvalue weighted by Crippen LogP contribution is -2.35. The summed E-state index contributed by atoms with van der Waals surface area (Å²) in [5, 5.41) is 8.65. The number of carboxylic acids is 1. The Morgan fingerprint density at radius 3 is 2.40 bits per heavy atom. The predicted octanol–water partition coefficient (Wildman–Crippen LogP) is 1.76. The number of aliphatic carboxylic acids is 1. The molecule has 0 bridgehead atoms. The Bertz CT molecular complexity index is 576. The van der Waals surface area contributed by atoms with Crippen LogP contribution < -0.4 is 0 Å². The summed E-state index contributed by atoms with van der Waals surface area (Å²) in [6, 6.07) is 7.76. The molecule has 1 saturated carbocycles. The molecule has 1 fully saturated rings. The van der Waals surface area contributed by atoms with E-state index in [0.717, 1.165) is 24.0 Å². The van der Waals surface area contributed by atoms with Crippen molar-refractivity contribution in [1.82, 2.24) is 4.31 Å². The molecule has 0 heterocycles. The third kappa shape index (κ3) is 4.05. The fourth-order valence-electron chi connectivity index (χ4n) is 2.02. The lowest BCUT2D eigenvalue weighted by atomic mass is 10.1. The van der Waals surface area contributed by atoms with E-state index in [1.165, 1.54) is 4.31 Å². The van der Waals surface area contributed by atoms with Gasteiger partial charge in [0, 0.05) is 12.6 Å². The van der Waals surface area contributed by atoms with Crippen LogP contribution >= 0.6 is 0 Å². The number of sulfonamides is 1. The molecular formula is C14H19NO4S. The van der Waals surface area contributed by atoms with Gasteiger partial charge in [0.1, 0.15) is 0 Å². The van der Waals surface area contributed by atoms with Gasteiger partial charge in [-0.05, 0) is 25.3 Å². The lowest BCUT2D eigenvalue weighted by molar-refractivity contribution is -0.136. The summed E-state index contributed by atoms with van der Waals surface area (Å²) in [5.74, 6) is -1.41. The number of nitrogens with zero attached hydrogens (tertiary/aromatic N) is 1. The van der Waals surface area contributed by atoms with Gasteiger partial charge in [0.15, 0.2) is 0 Å². The molecule has 1 aromatic rings. The van der Waals surface area contributed by atoms with Gasteiger partial charge < -0.3 is 5.11 Å². The third-order valence-corrected chi connectivity index (χ3v) is 5.21. The van der Waals surface area contributed by atoms with E-state index in [0.29, 0.717) is 6.54 Å². The van der Waals surface area contributed by atoms with E-state index < -0.39 is 16.0 Å². The van der Waals surface area contributed by atoms with Crippen molar-refractivity contribution < 1.29 is 18.3 Å². The predicted molar refractivity (Wildman–Crippen MR) is 75.8 cm³/mol. The Morgan fingerprint density at radius 1 is 1.30 bits per heavy atom. The molecule has 0 radical (unpaired) electrons. The van der Waals surface area contributed by atoms with Gasteiger partial charge in [-0.2, -0.15) is 4.31 Å². The maximum Gasteiger partial charge on any atom is 0.304 e. The quantitative estimate of drug-likeness (QED) is 0.832. The van der Waals surface area contributed by atoms with Crippen LogP contribution in [0, 0.1) is 6.92 Å². The number of rotatable bonds is 7. The first-order chi connectivity index (χ1) is 9.38. The average Bonchev–Trinajstić information content (AvgIpc) is 3.20. The summed E-state index contributed by atoms with van der Waals surface area (Å²) >= 11 is 0. The topological polar surface area (TPSA) is 74.7 Å². The van der Waals surface area contributed by atoms with Gasteiger partial charge in [-0.15, -0.1) is 0 Å². The van der Waals surface area contributed by atoms with E-state index in [1.54, 1.807) is 0 Å². The highest BCUT2D eigenvalue weighted by Crippen LogP contribution is 2.31. The second-order valence-electron chi connectivity index (χ2n) is 5.22. The molecule has 1 aliphatic carbocycles. The summed E-state index contributed by atoms with van der Waals surface area (Å²) in [7, 11) is -3.51. The van der Waals surface area contributed by atoms with E-state index in [-0.39, 0.29) is 18.2 Å².